The average Bonchev–Trinajstić information content (AvgIpc) is 2.02. The minimum absolute atomic E-state index is 0.0608. The highest BCUT2D eigenvalue weighted by Gasteiger charge is 2.15. The lowest BCUT2D eigenvalue weighted by atomic mass is 10.2. The van der Waals surface area contributed by atoms with Crippen molar-refractivity contribution in [1.29, 1.82) is 5.26 Å². The van der Waals surface area contributed by atoms with Gasteiger partial charge in [-0.15, -0.1) is 0 Å². The van der Waals surface area contributed by atoms with E-state index in [-0.39, 0.29) is 4.47 Å². The van der Waals surface area contributed by atoms with Crippen LogP contribution < -0.4 is 0 Å². The summed E-state index contributed by atoms with van der Waals surface area (Å²) in [6.07, 6.45) is 0. The van der Waals surface area contributed by atoms with Gasteiger partial charge in [-0.05, 0) is 15.9 Å². The van der Waals surface area contributed by atoms with E-state index in [1.165, 1.54) is 6.07 Å². The van der Waals surface area contributed by atoms with E-state index >= 15 is 0 Å². The third-order valence-corrected chi connectivity index (χ3v) is 1.86. The minimum atomic E-state index is -0.882. The maximum Gasteiger partial charge on any atom is 0.178 e. The highest BCUT2D eigenvalue weighted by atomic mass is 79.9. The van der Waals surface area contributed by atoms with Gasteiger partial charge in [-0.1, -0.05) is 0 Å². The first-order chi connectivity index (χ1) is 5.57. The van der Waals surface area contributed by atoms with Crippen molar-refractivity contribution in [1.82, 2.24) is 0 Å². The molecule has 0 unspecified atom stereocenters. The van der Waals surface area contributed by atoms with E-state index in [9.17, 15) is 4.39 Å². The Labute approximate surface area is 75.8 Å². The number of nitrogens with zero attached hydrogens (tertiary/aromatic N) is 1. The largest absolute Gasteiger partial charge is 0.504 e. The highest BCUT2D eigenvalue weighted by molar-refractivity contribution is 9.10. The number of hydrogen-bond donors (Lipinski definition) is 2. The van der Waals surface area contributed by atoms with Crippen LogP contribution in [-0.4, -0.2) is 10.2 Å². The molecule has 0 radical (unpaired) electrons. The molecule has 0 spiro atoms. The van der Waals surface area contributed by atoms with Crippen molar-refractivity contribution in [2.24, 2.45) is 0 Å². The normalized spacial score (nSPS) is 9.42. The number of aromatic hydroxyl groups is 2. The first-order valence-electron chi connectivity index (χ1n) is 2.88. The zero-order valence-corrected chi connectivity index (χ0v) is 7.26. The van der Waals surface area contributed by atoms with Gasteiger partial charge in [0.2, 0.25) is 0 Å². The van der Waals surface area contributed by atoms with Crippen molar-refractivity contribution in [2.75, 3.05) is 0 Å². The van der Waals surface area contributed by atoms with Crippen LogP contribution in [0.2, 0.25) is 0 Å². The molecule has 1 aromatic rings. The predicted molar refractivity (Wildman–Crippen MR) is 42.1 cm³/mol. The van der Waals surface area contributed by atoms with E-state index in [4.69, 9.17) is 15.5 Å². The van der Waals surface area contributed by atoms with Crippen molar-refractivity contribution >= 4 is 15.9 Å². The Bertz CT molecular complexity index is 346. The molecule has 5 heteroatoms. The molecule has 0 aliphatic rings. The fourth-order valence-electron chi connectivity index (χ4n) is 0.705. The van der Waals surface area contributed by atoms with Gasteiger partial charge in [-0.25, -0.2) is 4.39 Å². The second-order valence-electron chi connectivity index (χ2n) is 2.03. The van der Waals surface area contributed by atoms with Crippen LogP contribution in [0.25, 0.3) is 0 Å². The summed E-state index contributed by atoms with van der Waals surface area (Å²) in [4.78, 5) is 0. The van der Waals surface area contributed by atoms with Crippen LogP contribution in [-0.2, 0) is 0 Å². The van der Waals surface area contributed by atoms with Gasteiger partial charge in [0.1, 0.15) is 11.6 Å². The first-order valence-corrected chi connectivity index (χ1v) is 3.67. The lowest BCUT2D eigenvalue weighted by Crippen LogP contribution is -1.86. The van der Waals surface area contributed by atoms with E-state index in [1.54, 1.807) is 0 Å². The Kier molecular flexibility index (Phi) is 2.20. The number of hydrogen-bond acceptors (Lipinski definition) is 3. The number of benzene rings is 1. The molecular weight excluding hydrogens is 229 g/mol. The van der Waals surface area contributed by atoms with Crippen LogP contribution in [0.4, 0.5) is 4.39 Å². The molecule has 0 aromatic heterocycles. The number of rotatable bonds is 0. The molecule has 1 rings (SSSR count). The molecule has 3 nitrogen and oxygen atoms in total. The Hall–Kier alpha value is -1.28. The van der Waals surface area contributed by atoms with Gasteiger partial charge in [0, 0.05) is 6.07 Å². The quantitative estimate of drug-likeness (QED) is 0.671. The summed E-state index contributed by atoms with van der Waals surface area (Å²) < 4.78 is 12.8. The topological polar surface area (TPSA) is 64.2 Å². The zero-order chi connectivity index (χ0) is 9.30. The van der Waals surface area contributed by atoms with Crippen LogP contribution in [0.5, 0.6) is 11.5 Å². The Morgan fingerprint density at radius 2 is 2.08 bits per heavy atom. The Balaban J connectivity index is 3.56. The van der Waals surface area contributed by atoms with Gasteiger partial charge < -0.3 is 10.2 Å². The summed E-state index contributed by atoms with van der Waals surface area (Å²) in [5.74, 6) is -2.15. The fraction of sp³-hybridized carbons (Fsp3) is 0. The van der Waals surface area contributed by atoms with Gasteiger partial charge in [0.05, 0.1) is 4.47 Å². The van der Waals surface area contributed by atoms with Crippen molar-refractivity contribution < 1.29 is 14.6 Å². The lowest BCUT2D eigenvalue weighted by molar-refractivity contribution is 0.397. The van der Waals surface area contributed by atoms with E-state index in [1.807, 2.05) is 0 Å². The highest BCUT2D eigenvalue weighted by Crippen LogP contribution is 2.34. The van der Waals surface area contributed by atoms with E-state index in [0.29, 0.717) is 0 Å². The minimum Gasteiger partial charge on any atom is -0.504 e. The third kappa shape index (κ3) is 1.21. The SMILES string of the molecule is N#Cc1c(O)c(O)cc(Br)c1F. The number of halogens is 2. The molecule has 0 saturated heterocycles. The molecule has 1 aromatic carbocycles. The summed E-state index contributed by atoms with van der Waals surface area (Å²) in [7, 11) is 0. The molecule has 62 valence electrons. The number of nitriles is 1. The Morgan fingerprint density at radius 1 is 1.50 bits per heavy atom. The van der Waals surface area contributed by atoms with Crippen LogP contribution in [0.1, 0.15) is 5.56 Å². The fourth-order valence-corrected chi connectivity index (χ4v) is 1.12. The third-order valence-electron chi connectivity index (χ3n) is 1.28. The van der Waals surface area contributed by atoms with Crippen LogP contribution in [0, 0.1) is 17.1 Å². The summed E-state index contributed by atoms with van der Waals surface area (Å²) in [6.45, 7) is 0. The average molecular weight is 232 g/mol. The van der Waals surface area contributed by atoms with Crippen molar-refractivity contribution in [3.63, 3.8) is 0 Å². The van der Waals surface area contributed by atoms with E-state index < -0.39 is 22.9 Å². The predicted octanol–water partition coefficient (Wildman–Crippen LogP) is 1.87. The molecule has 2 N–H and O–H groups in total. The monoisotopic (exact) mass is 231 g/mol. The first kappa shape index (κ1) is 8.81. The molecule has 0 aliphatic heterocycles. The van der Waals surface area contributed by atoms with Crippen LogP contribution in [0.15, 0.2) is 10.5 Å². The molecule has 0 saturated carbocycles. The maximum atomic E-state index is 12.9. The van der Waals surface area contributed by atoms with Gasteiger partial charge in [-0.3, -0.25) is 0 Å². The molecule has 0 aliphatic carbocycles. The lowest BCUT2D eigenvalue weighted by Gasteiger charge is -2.01. The maximum absolute atomic E-state index is 12.9. The molecule has 0 bridgehead atoms. The molecule has 0 heterocycles. The summed E-state index contributed by atoms with van der Waals surface area (Å²) in [6, 6.07) is 2.41. The second kappa shape index (κ2) is 2.99. The molecule has 0 amide bonds. The molecular formula is C7H3BrFNO2. The van der Waals surface area contributed by atoms with Crippen LogP contribution in [0.3, 0.4) is 0 Å². The summed E-state index contributed by atoms with van der Waals surface area (Å²) in [5.41, 5.74) is -0.568. The molecule has 12 heavy (non-hydrogen) atoms. The standard InChI is InChI=1S/C7H3BrFNO2/c8-4-1-5(11)7(12)3(2-10)6(4)9/h1,11-12H. The van der Waals surface area contributed by atoms with Crippen molar-refractivity contribution in [3.8, 4) is 17.6 Å². The molecule has 0 fully saturated rings. The smallest absolute Gasteiger partial charge is 0.178 e. The Morgan fingerprint density at radius 3 is 2.58 bits per heavy atom. The van der Waals surface area contributed by atoms with E-state index in [0.717, 1.165) is 6.07 Å². The summed E-state index contributed by atoms with van der Waals surface area (Å²) in [5, 5.41) is 26.3. The number of phenols is 2. The number of phenolic OH excluding ortho intramolecular Hbond substituents is 2. The van der Waals surface area contributed by atoms with Crippen molar-refractivity contribution in [3.05, 3.63) is 21.9 Å². The summed E-state index contributed by atoms with van der Waals surface area (Å²) >= 11 is 2.77. The zero-order valence-electron chi connectivity index (χ0n) is 5.67. The second-order valence-corrected chi connectivity index (χ2v) is 2.88. The van der Waals surface area contributed by atoms with Gasteiger partial charge in [0.25, 0.3) is 0 Å². The van der Waals surface area contributed by atoms with Gasteiger partial charge in [-0.2, -0.15) is 5.26 Å². The van der Waals surface area contributed by atoms with Gasteiger partial charge in [0.15, 0.2) is 17.3 Å². The van der Waals surface area contributed by atoms with E-state index in [2.05, 4.69) is 15.9 Å². The van der Waals surface area contributed by atoms with Crippen molar-refractivity contribution in [2.45, 2.75) is 0 Å². The van der Waals surface area contributed by atoms with Crippen LogP contribution >= 0.6 is 15.9 Å². The van der Waals surface area contributed by atoms with Gasteiger partial charge >= 0.3 is 0 Å². The molecule has 0 atom stereocenters.